The Bertz CT molecular complexity index is 578. The second-order valence-electron chi connectivity index (χ2n) is 5.56. The zero-order chi connectivity index (χ0) is 14.0. The molecule has 5 nitrogen and oxygen atoms in total. The Kier molecular flexibility index (Phi) is 3.38. The molecule has 100 valence electrons. The number of aryl methyl sites for hydroxylation is 1. The van der Waals surface area contributed by atoms with Crippen LogP contribution in [0.1, 0.15) is 42.5 Å². The average Bonchev–Trinajstić information content (AvgIpc) is 2.78. The third kappa shape index (κ3) is 3.19. The number of hydrogen-bond donors (Lipinski definition) is 2. The Morgan fingerprint density at radius 3 is 2.58 bits per heavy atom. The first-order valence-electron chi connectivity index (χ1n) is 6.16. The second-order valence-corrected chi connectivity index (χ2v) is 5.56. The Morgan fingerprint density at radius 1 is 1.32 bits per heavy atom. The number of nitrogens with one attached hydrogen (secondary N) is 2. The molecule has 0 atom stereocenters. The molecule has 0 aliphatic carbocycles. The molecule has 0 saturated carbocycles. The molecule has 2 rings (SSSR count). The van der Waals surface area contributed by atoms with Gasteiger partial charge in [0.2, 0.25) is 0 Å². The van der Waals surface area contributed by atoms with Gasteiger partial charge in [0, 0.05) is 29.1 Å². The van der Waals surface area contributed by atoms with Crippen LogP contribution in [0.2, 0.25) is 0 Å². The van der Waals surface area contributed by atoms with Gasteiger partial charge in [0.25, 0.3) is 5.91 Å². The van der Waals surface area contributed by atoms with Crippen LogP contribution in [0, 0.1) is 6.92 Å². The fourth-order valence-electron chi connectivity index (χ4n) is 1.56. The molecule has 0 radical (unpaired) electrons. The minimum absolute atomic E-state index is 0.0264. The van der Waals surface area contributed by atoms with E-state index in [1.54, 1.807) is 18.3 Å². The fourth-order valence-corrected chi connectivity index (χ4v) is 1.56. The van der Waals surface area contributed by atoms with Crippen LogP contribution in [0.5, 0.6) is 0 Å². The van der Waals surface area contributed by atoms with Gasteiger partial charge in [-0.3, -0.25) is 14.9 Å². The van der Waals surface area contributed by atoms with Gasteiger partial charge in [-0.1, -0.05) is 20.8 Å². The van der Waals surface area contributed by atoms with E-state index in [1.807, 2.05) is 13.0 Å². The summed E-state index contributed by atoms with van der Waals surface area (Å²) >= 11 is 0. The lowest BCUT2D eigenvalue weighted by molar-refractivity contribution is 0.102. The molecule has 2 aromatic rings. The van der Waals surface area contributed by atoms with Crippen LogP contribution >= 0.6 is 0 Å². The zero-order valence-corrected chi connectivity index (χ0v) is 11.6. The quantitative estimate of drug-likeness (QED) is 0.870. The monoisotopic (exact) mass is 258 g/mol. The van der Waals surface area contributed by atoms with Crippen LogP contribution in [-0.2, 0) is 5.41 Å². The SMILES string of the molecule is Cc1ccc(C(=O)Nc2cc(C(C)(C)C)[nH]n2)cn1. The van der Waals surface area contributed by atoms with Crippen molar-refractivity contribution in [2.24, 2.45) is 0 Å². The van der Waals surface area contributed by atoms with E-state index >= 15 is 0 Å². The summed E-state index contributed by atoms with van der Waals surface area (Å²) in [6.45, 7) is 8.12. The standard InChI is InChI=1S/C14H18N4O/c1-9-5-6-10(8-15-9)13(19)16-12-7-11(17-18-12)14(2,3)4/h5-8H,1-4H3,(H2,16,17,18,19). The van der Waals surface area contributed by atoms with E-state index < -0.39 is 0 Å². The Morgan fingerprint density at radius 2 is 2.05 bits per heavy atom. The summed E-state index contributed by atoms with van der Waals surface area (Å²) in [4.78, 5) is 16.1. The molecule has 0 fully saturated rings. The molecule has 0 aliphatic heterocycles. The van der Waals surface area contributed by atoms with E-state index in [4.69, 9.17) is 0 Å². The van der Waals surface area contributed by atoms with Crippen LogP contribution < -0.4 is 5.32 Å². The molecule has 5 heteroatoms. The lowest BCUT2D eigenvalue weighted by Crippen LogP contribution is -2.13. The molecule has 0 aliphatic rings. The van der Waals surface area contributed by atoms with Crippen molar-refractivity contribution in [3.8, 4) is 0 Å². The summed E-state index contributed by atoms with van der Waals surface area (Å²) in [5.41, 5.74) is 2.35. The van der Waals surface area contributed by atoms with Crippen molar-refractivity contribution in [3.05, 3.63) is 41.3 Å². The van der Waals surface area contributed by atoms with Crippen molar-refractivity contribution in [2.45, 2.75) is 33.1 Å². The highest BCUT2D eigenvalue weighted by molar-refractivity contribution is 6.03. The third-order valence-corrected chi connectivity index (χ3v) is 2.80. The van der Waals surface area contributed by atoms with Crippen molar-refractivity contribution in [2.75, 3.05) is 5.32 Å². The number of pyridine rings is 1. The number of anilines is 1. The normalized spacial score (nSPS) is 11.4. The maximum Gasteiger partial charge on any atom is 0.258 e. The molecule has 19 heavy (non-hydrogen) atoms. The van der Waals surface area contributed by atoms with Gasteiger partial charge >= 0.3 is 0 Å². The number of carbonyl (C=O) groups is 1. The van der Waals surface area contributed by atoms with E-state index in [-0.39, 0.29) is 11.3 Å². The second kappa shape index (κ2) is 4.84. The highest BCUT2D eigenvalue weighted by Crippen LogP contribution is 2.22. The first-order chi connectivity index (χ1) is 8.86. The van der Waals surface area contributed by atoms with Crippen LogP contribution in [-0.4, -0.2) is 21.1 Å². The van der Waals surface area contributed by atoms with Gasteiger partial charge in [0.1, 0.15) is 0 Å². The van der Waals surface area contributed by atoms with Crippen molar-refractivity contribution >= 4 is 11.7 Å². The first-order valence-corrected chi connectivity index (χ1v) is 6.16. The number of aromatic amines is 1. The summed E-state index contributed by atoms with van der Waals surface area (Å²) in [6.07, 6.45) is 1.56. The van der Waals surface area contributed by atoms with E-state index in [2.05, 4.69) is 41.3 Å². The summed E-state index contributed by atoms with van der Waals surface area (Å²) in [7, 11) is 0. The molecule has 0 aromatic carbocycles. The van der Waals surface area contributed by atoms with Crippen LogP contribution in [0.25, 0.3) is 0 Å². The third-order valence-electron chi connectivity index (χ3n) is 2.80. The van der Waals surface area contributed by atoms with Gasteiger partial charge in [-0.2, -0.15) is 5.10 Å². The fraction of sp³-hybridized carbons (Fsp3) is 0.357. The van der Waals surface area contributed by atoms with Gasteiger partial charge in [-0.15, -0.1) is 0 Å². The van der Waals surface area contributed by atoms with Crippen molar-refractivity contribution in [3.63, 3.8) is 0 Å². The summed E-state index contributed by atoms with van der Waals surface area (Å²) < 4.78 is 0. The largest absolute Gasteiger partial charge is 0.305 e. The molecule has 0 unspecified atom stereocenters. The van der Waals surface area contributed by atoms with Gasteiger partial charge in [-0.05, 0) is 19.1 Å². The zero-order valence-electron chi connectivity index (χ0n) is 11.6. The molecule has 1 amide bonds. The van der Waals surface area contributed by atoms with E-state index in [1.165, 1.54) is 0 Å². The average molecular weight is 258 g/mol. The molecule has 0 saturated heterocycles. The summed E-state index contributed by atoms with van der Waals surface area (Å²) in [5.74, 6) is 0.315. The van der Waals surface area contributed by atoms with Crippen LogP contribution in [0.3, 0.4) is 0 Å². The first kappa shape index (κ1) is 13.3. The predicted octanol–water partition coefficient (Wildman–Crippen LogP) is 2.66. The molecule has 0 spiro atoms. The van der Waals surface area contributed by atoms with Gasteiger partial charge < -0.3 is 5.32 Å². The lowest BCUT2D eigenvalue weighted by atomic mass is 9.92. The lowest BCUT2D eigenvalue weighted by Gasteiger charge is -2.14. The van der Waals surface area contributed by atoms with E-state index in [0.29, 0.717) is 11.4 Å². The van der Waals surface area contributed by atoms with Crippen molar-refractivity contribution in [1.29, 1.82) is 0 Å². The molecule has 2 N–H and O–H groups in total. The van der Waals surface area contributed by atoms with Gasteiger partial charge in [0.05, 0.1) is 5.56 Å². The number of hydrogen-bond acceptors (Lipinski definition) is 3. The number of nitrogens with zero attached hydrogens (tertiary/aromatic N) is 2. The number of carbonyl (C=O) groups excluding carboxylic acids is 1. The minimum atomic E-state index is -0.209. The molecule has 2 heterocycles. The summed E-state index contributed by atoms with van der Waals surface area (Å²) in [5, 5.41) is 9.77. The molecular formula is C14H18N4O. The molecule has 2 aromatic heterocycles. The van der Waals surface area contributed by atoms with E-state index in [0.717, 1.165) is 11.4 Å². The number of amides is 1. The number of H-pyrrole nitrogens is 1. The smallest absolute Gasteiger partial charge is 0.258 e. The van der Waals surface area contributed by atoms with Gasteiger partial charge in [-0.25, -0.2) is 0 Å². The predicted molar refractivity (Wildman–Crippen MR) is 74.2 cm³/mol. The number of aromatic nitrogens is 3. The van der Waals surface area contributed by atoms with E-state index in [9.17, 15) is 4.79 Å². The Balaban J connectivity index is 2.11. The van der Waals surface area contributed by atoms with Crippen molar-refractivity contribution in [1.82, 2.24) is 15.2 Å². The van der Waals surface area contributed by atoms with Crippen LogP contribution in [0.15, 0.2) is 24.4 Å². The Hall–Kier alpha value is -2.17. The highest BCUT2D eigenvalue weighted by Gasteiger charge is 2.17. The topological polar surface area (TPSA) is 70.7 Å². The highest BCUT2D eigenvalue weighted by atomic mass is 16.1. The minimum Gasteiger partial charge on any atom is -0.305 e. The Labute approximate surface area is 112 Å². The van der Waals surface area contributed by atoms with Gasteiger partial charge in [0.15, 0.2) is 5.82 Å². The summed E-state index contributed by atoms with van der Waals surface area (Å²) in [6, 6.07) is 5.40. The maximum atomic E-state index is 12.0. The van der Waals surface area contributed by atoms with Crippen molar-refractivity contribution < 1.29 is 4.79 Å². The maximum absolute atomic E-state index is 12.0. The van der Waals surface area contributed by atoms with Crippen LogP contribution in [0.4, 0.5) is 5.82 Å². The molecular weight excluding hydrogens is 240 g/mol. The number of rotatable bonds is 2. The molecule has 0 bridgehead atoms.